The van der Waals surface area contributed by atoms with Crippen LogP contribution in [-0.2, 0) is 21.1 Å². The minimum atomic E-state index is -0.223. The van der Waals surface area contributed by atoms with Crippen molar-refractivity contribution in [3.63, 3.8) is 0 Å². The van der Waals surface area contributed by atoms with Gasteiger partial charge in [-0.1, -0.05) is 126 Å². The fraction of sp³-hybridized carbons (Fsp3) is 0.158. The van der Waals surface area contributed by atoms with Crippen molar-refractivity contribution in [2.75, 3.05) is 9.80 Å². The molecule has 7 heteroatoms. The molecule has 0 atom stereocenters. The van der Waals surface area contributed by atoms with Gasteiger partial charge in [-0.15, -0.1) is 53.6 Å². The Labute approximate surface area is 390 Å². The second-order valence-corrected chi connectivity index (χ2v) is 17.3. The average molecular weight is 1020 g/mol. The summed E-state index contributed by atoms with van der Waals surface area (Å²) >= 11 is 0. The van der Waals surface area contributed by atoms with Gasteiger partial charge in [0.2, 0.25) is 0 Å². The minimum absolute atomic E-state index is 0. The van der Waals surface area contributed by atoms with Gasteiger partial charge < -0.3 is 19.1 Å². The number of rotatable bonds is 10. The molecule has 0 radical (unpaired) electrons. The Morgan fingerprint density at radius 1 is 0.578 bits per heavy atom. The minimum Gasteiger partial charge on any atom is -0.509 e. The third-order valence-corrected chi connectivity index (χ3v) is 12.1. The van der Waals surface area contributed by atoms with Crippen molar-refractivity contribution in [2.24, 2.45) is 0 Å². The summed E-state index contributed by atoms with van der Waals surface area (Å²) in [6.45, 7) is 15.4. The molecule has 2 aromatic heterocycles. The van der Waals surface area contributed by atoms with Crippen molar-refractivity contribution in [1.82, 2.24) is 9.55 Å². The monoisotopic (exact) mass is 1020 g/mol. The Hall–Kier alpha value is -6.49. The van der Waals surface area contributed by atoms with Crippen LogP contribution in [-0.4, -0.2) is 9.55 Å². The number of hydrogen-bond donors (Lipinski definition) is 0. The fourth-order valence-electron chi connectivity index (χ4n) is 8.89. The van der Waals surface area contributed by atoms with Gasteiger partial charge in [-0.05, 0) is 99.5 Å². The summed E-state index contributed by atoms with van der Waals surface area (Å²) in [5.74, 6) is 2.46. The van der Waals surface area contributed by atoms with E-state index in [1.54, 1.807) is 6.07 Å². The van der Waals surface area contributed by atoms with Crippen molar-refractivity contribution in [3.8, 4) is 39.6 Å². The summed E-state index contributed by atoms with van der Waals surface area (Å²) in [6, 6.07) is 58.6. The predicted molar refractivity (Wildman–Crippen MR) is 257 cm³/mol. The molecular weight excluding hydrogens is 971 g/mol. The van der Waals surface area contributed by atoms with Crippen molar-refractivity contribution >= 4 is 44.6 Å². The molecule has 7 aromatic carbocycles. The van der Waals surface area contributed by atoms with Gasteiger partial charge in [0.25, 0.3) is 0 Å². The smallest absolute Gasteiger partial charge is 0.135 e. The zero-order valence-corrected chi connectivity index (χ0v) is 39.0. The maximum absolute atomic E-state index is 15.3. The van der Waals surface area contributed by atoms with Crippen LogP contribution in [0.2, 0.25) is 0 Å². The zero-order valence-electron chi connectivity index (χ0n) is 36.7. The summed E-state index contributed by atoms with van der Waals surface area (Å²) in [5, 5.41) is 2.19. The zero-order chi connectivity index (χ0) is 43.4. The van der Waals surface area contributed by atoms with E-state index in [9.17, 15) is 0 Å². The summed E-state index contributed by atoms with van der Waals surface area (Å²) in [7, 11) is 0. The molecule has 0 saturated heterocycles. The Morgan fingerprint density at radius 3 is 1.94 bits per heavy atom. The standard InChI is InChI=1S/C57H48FN4O.Pt/c1-36(2)39-22-24-40(25-23-39)41-29-43(33-45(30-41)63-44-26-27-48-47-16-8-10-18-52(47)62(55(48)34-44)56-21-13-14-28-59-56)60-35-61(54-20-12-11-19-53(54)60)57-49(37(3)4)31-42(32-50(57)38(5)6)46-15-7-9-17-51(46)58;/h7-32,35-38H,1-6H3;/q-3;. The summed E-state index contributed by atoms with van der Waals surface area (Å²) in [5.41, 5.74) is 13.1. The molecule has 0 amide bonds. The molecule has 1 aliphatic heterocycles. The molecule has 0 bridgehead atoms. The molecule has 0 fully saturated rings. The number of anilines is 4. The van der Waals surface area contributed by atoms with Crippen molar-refractivity contribution in [1.29, 1.82) is 0 Å². The van der Waals surface area contributed by atoms with Crippen LogP contribution in [0.5, 0.6) is 11.5 Å². The molecule has 0 spiro atoms. The van der Waals surface area contributed by atoms with Crippen LogP contribution in [0.3, 0.4) is 0 Å². The van der Waals surface area contributed by atoms with E-state index in [-0.39, 0.29) is 38.7 Å². The molecule has 322 valence electrons. The van der Waals surface area contributed by atoms with Gasteiger partial charge in [0.15, 0.2) is 0 Å². The van der Waals surface area contributed by atoms with Gasteiger partial charge in [0.05, 0.1) is 0 Å². The fourth-order valence-corrected chi connectivity index (χ4v) is 8.89. The Kier molecular flexibility index (Phi) is 11.8. The third-order valence-electron chi connectivity index (χ3n) is 12.1. The Morgan fingerprint density at radius 2 is 1.25 bits per heavy atom. The van der Waals surface area contributed by atoms with Crippen LogP contribution in [0.4, 0.5) is 27.1 Å². The number of nitrogens with zero attached hydrogens (tertiary/aromatic N) is 4. The molecule has 0 saturated carbocycles. The van der Waals surface area contributed by atoms with Gasteiger partial charge in [0.1, 0.15) is 11.6 Å². The van der Waals surface area contributed by atoms with E-state index in [0.717, 1.165) is 78.2 Å². The Balaban J connectivity index is 0.00000518. The number of ether oxygens (including phenoxy) is 1. The number of pyridine rings is 1. The van der Waals surface area contributed by atoms with E-state index in [1.165, 1.54) is 11.6 Å². The van der Waals surface area contributed by atoms with Gasteiger partial charge >= 0.3 is 0 Å². The van der Waals surface area contributed by atoms with Crippen molar-refractivity contribution < 1.29 is 30.2 Å². The SMILES string of the molecule is CC(C)c1ccc(-c2cc(Oc3[c-]c4c(cc3)c3ccccc3n4-c3ccccn3)[c-]c(N3[CH-]N(c4c(C(C)C)cc(-c5ccccc5F)cc4C(C)C)c4ccccc43)c2)cc1.[Pt]. The van der Waals surface area contributed by atoms with Crippen molar-refractivity contribution in [3.05, 3.63) is 199 Å². The van der Waals surface area contributed by atoms with Crippen LogP contribution in [0.15, 0.2) is 158 Å². The van der Waals surface area contributed by atoms with Crippen LogP contribution in [0.25, 0.3) is 49.9 Å². The second-order valence-electron chi connectivity index (χ2n) is 17.3. The topological polar surface area (TPSA) is 33.5 Å². The van der Waals surface area contributed by atoms with Crippen LogP contribution in [0, 0.1) is 24.6 Å². The first-order chi connectivity index (χ1) is 30.6. The first kappa shape index (κ1) is 42.8. The molecule has 3 heterocycles. The van der Waals surface area contributed by atoms with E-state index in [2.05, 4.69) is 178 Å². The van der Waals surface area contributed by atoms with Gasteiger partial charge in [0, 0.05) is 66.9 Å². The van der Waals surface area contributed by atoms with Crippen molar-refractivity contribution in [2.45, 2.75) is 59.3 Å². The van der Waals surface area contributed by atoms with Crippen LogP contribution >= 0.6 is 0 Å². The number of aromatic nitrogens is 2. The van der Waals surface area contributed by atoms with E-state index >= 15 is 4.39 Å². The molecule has 1 aliphatic rings. The van der Waals surface area contributed by atoms with Gasteiger partial charge in [-0.3, -0.25) is 0 Å². The van der Waals surface area contributed by atoms with Gasteiger partial charge in [-0.2, -0.15) is 6.07 Å². The van der Waals surface area contributed by atoms with E-state index in [1.807, 2.05) is 42.6 Å². The molecule has 9 aromatic rings. The Bertz CT molecular complexity index is 3110. The molecule has 64 heavy (non-hydrogen) atoms. The van der Waals surface area contributed by atoms with E-state index in [0.29, 0.717) is 23.0 Å². The summed E-state index contributed by atoms with van der Waals surface area (Å²) in [4.78, 5) is 9.23. The quantitative estimate of drug-likeness (QED) is 0.128. The number of benzene rings is 7. The van der Waals surface area contributed by atoms with E-state index in [4.69, 9.17) is 9.72 Å². The molecule has 5 nitrogen and oxygen atoms in total. The maximum atomic E-state index is 15.3. The average Bonchev–Trinajstić information content (AvgIpc) is 3.85. The summed E-state index contributed by atoms with van der Waals surface area (Å²) < 4.78 is 24.3. The number of hydrogen-bond acceptors (Lipinski definition) is 4. The molecule has 0 N–H and O–H groups in total. The predicted octanol–water partition coefficient (Wildman–Crippen LogP) is 15.8. The third kappa shape index (κ3) is 7.79. The van der Waals surface area contributed by atoms with Crippen LogP contribution in [0.1, 0.15) is 76.0 Å². The first-order valence-corrected chi connectivity index (χ1v) is 21.8. The molecule has 10 rings (SSSR count). The van der Waals surface area contributed by atoms with E-state index < -0.39 is 0 Å². The molecule has 0 unspecified atom stereocenters. The molecule has 0 aliphatic carbocycles. The number of halogens is 1. The maximum Gasteiger partial charge on any atom is 0.135 e. The van der Waals surface area contributed by atoms with Crippen LogP contribution < -0.4 is 14.5 Å². The first-order valence-electron chi connectivity index (χ1n) is 21.8. The number of para-hydroxylation sites is 3. The summed E-state index contributed by atoms with van der Waals surface area (Å²) in [6.07, 6.45) is 1.81. The number of fused-ring (bicyclic) bond motifs is 4. The largest absolute Gasteiger partial charge is 0.509 e. The normalized spacial score (nSPS) is 12.5. The molecular formula is C57H48FN4OPt-3. The van der Waals surface area contributed by atoms with Gasteiger partial charge in [-0.25, -0.2) is 9.37 Å². The second kappa shape index (κ2) is 17.6.